The summed E-state index contributed by atoms with van der Waals surface area (Å²) in [5.74, 6) is -0.642. The van der Waals surface area contributed by atoms with Crippen molar-refractivity contribution < 1.29 is 9.18 Å². The summed E-state index contributed by atoms with van der Waals surface area (Å²) < 4.78 is 15.2. The summed E-state index contributed by atoms with van der Waals surface area (Å²) in [6.45, 7) is 5.91. The minimum absolute atomic E-state index is 0.128. The van der Waals surface area contributed by atoms with Crippen LogP contribution in [-0.4, -0.2) is 25.9 Å². The molecule has 0 saturated heterocycles. The lowest BCUT2D eigenvalue weighted by molar-refractivity contribution is -0.124. The van der Waals surface area contributed by atoms with Crippen LogP contribution >= 0.6 is 11.3 Å². The molecule has 1 N–H and O–H groups in total. The Labute approximate surface area is 212 Å². The molecule has 0 aliphatic heterocycles. The maximum Gasteiger partial charge on any atom is 0.232 e. The Morgan fingerprint density at radius 1 is 1.03 bits per heavy atom. The number of rotatable bonds is 7. The molecule has 8 heteroatoms. The fraction of sp³-hybridized carbons (Fsp3) is 0.214. The van der Waals surface area contributed by atoms with Crippen molar-refractivity contribution in [3.8, 4) is 5.69 Å². The van der Waals surface area contributed by atoms with Crippen molar-refractivity contribution in [2.75, 3.05) is 5.32 Å². The zero-order valence-electron chi connectivity index (χ0n) is 20.3. The first-order valence-electron chi connectivity index (χ1n) is 11.8. The van der Waals surface area contributed by atoms with Gasteiger partial charge in [-0.3, -0.25) is 4.79 Å². The van der Waals surface area contributed by atoms with E-state index in [1.54, 1.807) is 23.0 Å². The lowest BCUT2D eigenvalue weighted by Crippen LogP contribution is -2.37. The third-order valence-corrected chi connectivity index (χ3v) is 7.41. The Hall–Kier alpha value is -3.91. The van der Waals surface area contributed by atoms with Crippen molar-refractivity contribution in [1.29, 1.82) is 0 Å². The molecule has 0 spiro atoms. The highest BCUT2D eigenvalue weighted by atomic mass is 32.1. The van der Waals surface area contributed by atoms with Crippen molar-refractivity contribution in [3.63, 3.8) is 0 Å². The van der Waals surface area contributed by atoms with E-state index in [0.29, 0.717) is 5.13 Å². The van der Waals surface area contributed by atoms with E-state index in [0.717, 1.165) is 39.1 Å². The average Bonchev–Trinajstić information content (AvgIpc) is 3.52. The number of carbonyl (C=O) groups is 1. The van der Waals surface area contributed by atoms with Crippen LogP contribution in [0.4, 0.5) is 9.52 Å². The molecule has 3 aromatic carbocycles. The maximum atomic E-state index is 13.6. The van der Waals surface area contributed by atoms with Crippen molar-refractivity contribution in [1.82, 2.24) is 20.0 Å². The van der Waals surface area contributed by atoms with Gasteiger partial charge in [-0.05, 0) is 53.9 Å². The van der Waals surface area contributed by atoms with Crippen molar-refractivity contribution >= 4 is 33.3 Å². The maximum absolute atomic E-state index is 13.6. The molecular weight excluding hydrogens is 473 g/mol. The number of aryl methyl sites for hydroxylation is 1. The second-order valence-electron chi connectivity index (χ2n) is 9.23. The lowest BCUT2D eigenvalue weighted by Gasteiger charge is -2.33. The van der Waals surface area contributed by atoms with Crippen LogP contribution in [0.3, 0.4) is 0 Å². The number of nitrogens with zero attached hydrogens (tertiary/aromatic N) is 4. The Morgan fingerprint density at radius 3 is 2.47 bits per heavy atom. The quantitative estimate of drug-likeness (QED) is 0.282. The predicted molar refractivity (Wildman–Crippen MR) is 141 cm³/mol. The summed E-state index contributed by atoms with van der Waals surface area (Å²) in [6.07, 6.45) is 2.57. The number of hydrogen-bond acceptors (Lipinski definition) is 5. The first kappa shape index (κ1) is 23.8. The molecule has 0 fully saturated rings. The largest absolute Gasteiger partial charge is 0.300 e. The highest BCUT2D eigenvalue weighted by Gasteiger charge is 2.39. The van der Waals surface area contributed by atoms with Gasteiger partial charge in [0, 0.05) is 11.3 Å². The molecule has 1 unspecified atom stereocenters. The van der Waals surface area contributed by atoms with Gasteiger partial charge in [0.2, 0.25) is 11.0 Å². The summed E-state index contributed by atoms with van der Waals surface area (Å²) >= 11 is 1.40. The minimum atomic E-state index is -0.806. The topological polar surface area (TPSA) is 72.7 Å². The van der Waals surface area contributed by atoms with E-state index >= 15 is 0 Å². The fourth-order valence-corrected chi connectivity index (χ4v) is 5.20. The van der Waals surface area contributed by atoms with Crippen LogP contribution in [0.2, 0.25) is 0 Å². The van der Waals surface area contributed by atoms with Gasteiger partial charge >= 0.3 is 0 Å². The smallest absolute Gasteiger partial charge is 0.232 e. The molecule has 5 rings (SSSR count). The van der Waals surface area contributed by atoms with Crippen LogP contribution in [-0.2, 0) is 11.2 Å². The number of benzene rings is 3. The normalized spacial score (nSPS) is 12.6. The molecule has 6 nitrogen and oxygen atoms in total. The molecule has 0 bridgehead atoms. The monoisotopic (exact) mass is 499 g/mol. The van der Waals surface area contributed by atoms with Crippen LogP contribution in [0.1, 0.15) is 42.8 Å². The van der Waals surface area contributed by atoms with Gasteiger partial charge in [0.1, 0.15) is 10.8 Å². The van der Waals surface area contributed by atoms with Crippen LogP contribution in [0.15, 0.2) is 79.0 Å². The van der Waals surface area contributed by atoms with Gasteiger partial charge in [-0.1, -0.05) is 68.5 Å². The number of aromatic nitrogens is 4. The Bertz CT molecular complexity index is 1510. The SMILES string of the molecule is CCc1nnc(NC(=O)C(C)(C)C(c2ccccc2)c2ccc3c(cnn3-c3ccc(F)cc3)c2)s1. The molecule has 1 atom stereocenters. The summed E-state index contributed by atoms with van der Waals surface area (Å²) in [6, 6.07) is 22.4. The minimum Gasteiger partial charge on any atom is -0.300 e. The lowest BCUT2D eigenvalue weighted by atomic mass is 9.70. The second kappa shape index (κ2) is 9.62. The van der Waals surface area contributed by atoms with Gasteiger partial charge in [-0.15, -0.1) is 10.2 Å². The first-order chi connectivity index (χ1) is 17.4. The second-order valence-corrected chi connectivity index (χ2v) is 10.3. The molecule has 0 radical (unpaired) electrons. The third-order valence-electron chi connectivity index (χ3n) is 6.43. The fourth-order valence-electron chi connectivity index (χ4n) is 4.53. The molecule has 182 valence electrons. The standard InChI is InChI=1S/C28H26FN5OS/c1-4-24-32-33-27(36-24)31-26(35)28(2,3)25(18-8-6-5-7-9-18)19-10-15-23-20(16-19)17-30-34(23)22-13-11-21(29)12-14-22/h5-17,25H,4H2,1-3H3,(H,31,33,35). The molecule has 0 saturated carbocycles. The van der Waals surface area contributed by atoms with Crippen LogP contribution < -0.4 is 5.32 Å². The van der Waals surface area contributed by atoms with E-state index in [4.69, 9.17) is 0 Å². The predicted octanol–water partition coefficient (Wildman–Crippen LogP) is 6.38. The zero-order valence-corrected chi connectivity index (χ0v) is 21.1. The van der Waals surface area contributed by atoms with Crippen LogP contribution in [0.5, 0.6) is 0 Å². The van der Waals surface area contributed by atoms with E-state index < -0.39 is 5.41 Å². The van der Waals surface area contributed by atoms with Gasteiger partial charge in [0.25, 0.3) is 0 Å². The molecule has 1 amide bonds. The van der Waals surface area contributed by atoms with E-state index in [9.17, 15) is 9.18 Å². The Balaban J connectivity index is 1.54. The number of carbonyl (C=O) groups excluding carboxylic acids is 1. The molecule has 2 aromatic heterocycles. The van der Waals surface area contributed by atoms with E-state index in [1.165, 1.54) is 23.5 Å². The van der Waals surface area contributed by atoms with E-state index in [2.05, 4.69) is 26.7 Å². The molecule has 0 aliphatic carbocycles. The van der Waals surface area contributed by atoms with Gasteiger partial charge in [-0.2, -0.15) is 5.10 Å². The Kier molecular flexibility index (Phi) is 6.36. The number of hydrogen-bond donors (Lipinski definition) is 1. The summed E-state index contributed by atoms with van der Waals surface area (Å²) in [5.41, 5.74) is 2.91. The molecule has 0 aliphatic rings. The van der Waals surface area contributed by atoms with Gasteiger partial charge in [0.15, 0.2) is 0 Å². The van der Waals surface area contributed by atoms with Crippen LogP contribution in [0.25, 0.3) is 16.6 Å². The van der Waals surface area contributed by atoms with Crippen molar-refractivity contribution in [2.24, 2.45) is 5.41 Å². The van der Waals surface area contributed by atoms with Crippen molar-refractivity contribution in [3.05, 3.63) is 101 Å². The molecule has 5 aromatic rings. The number of fused-ring (bicyclic) bond motifs is 1. The first-order valence-corrected chi connectivity index (χ1v) is 12.6. The van der Waals surface area contributed by atoms with Crippen LogP contribution in [0, 0.1) is 11.2 Å². The van der Waals surface area contributed by atoms with E-state index in [-0.39, 0.29) is 17.6 Å². The number of halogens is 1. The number of anilines is 1. The highest BCUT2D eigenvalue weighted by molar-refractivity contribution is 7.15. The summed E-state index contributed by atoms with van der Waals surface area (Å²) in [5, 5.41) is 18.1. The van der Waals surface area contributed by atoms with Gasteiger partial charge in [-0.25, -0.2) is 9.07 Å². The highest BCUT2D eigenvalue weighted by Crippen LogP contribution is 2.42. The number of nitrogens with one attached hydrogen (secondary N) is 1. The third kappa shape index (κ3) is 4.52. The Morgan fingerprint density at radius 2 is 1.78 bits per heavy atom. The van der Waals surface area contributed by atoms with Gasteiger partial charge in [0.05, 0.1) is 22.8 Å². The van der Waals surface area contributed by atoms with Crippen molar-refractivity contribution in [2.45, 2.75) is 33.1 Å². The van der Waals surface area contributed by atoms with Gasteiger partial charge < -0.3 is 5.32 Å². The summed E-state index contributed by atoms with van der Waals surface area (Å²) in [7, 11) is 0. The zero-order chi connectivity index (χ0) is 25.3. The molecule has 36 heavy (non-hydrogen) atoms. The molecule has 2 heterocycles. The van der Waals surface area contributed by atoms with E-state index in [1.807, 2.05) is 63.2 Å². The average molecular weight is 500 g/mol. The molecular formula is C28H26FN5OS. The summed E-state index contributed by atoms with van der Waals surface area (Å²) in [4.78, 5) is 13.6. The number of amides is 1.